The summed E-state index contributed by atoms with van der Waals surface area (Å²) < 4.78 is 105. The van der Waals surface area contributed by atoms with Crippen LogP contribution in [0, 0.1) is 17.6 Å². The first-order valence-corrected chi connectivity index (χ1v) is 10.1. The van der Waals surface area contributed by atoms with Crippen molar-refractivity contribution in [1.29, 1.82) is 0 Å². The van der Waals surface area contributed by atoms with E-state index in [9.17, 15) is 45.5 Å². The van der Waals surface area contributed by atoms with Crippen molar-refractivity contribution in [2.75, 3.05) is 0 Å². The maximum Gasteiger partial charge on any atom is 0.417 e. The Labute approximate surface area is 197 Å². The van der Waals surface area contributed by atoms with Crippen LogP contribution in [-0.4, -0.2) is 46.2 Å². The second-order valence-electron chi connectivity index (χ2n) is 8.04. The number of nitrogens with two attached hydrogens (primary N) is 1. The van der Waals surface area contributed by atoms with E-state index in [0.717, 1.165) is 25.3 Å². The van der Waals surface area contributed by atoms with Crippen LogP contribution in [0.5, 0.6) is 5.75 Å². The molecule has 3 N–H and O–H groups in total. The van der Waals surface area contributed by atoms with Crippen LogP contribution in [0.25, 0.3) is 0 Å². The van der Waals surface area contributed by atoms with E-state index in [1.165, 1.54) is 0 Å². The van der Waals surface area contributed by atoms with Gasteiger partial charge in [0.05, 0.1) is 5.36 Å². The molecule has 0 unspecified atom stereocenters. The highest BCUT2D eigenvalue weighted by molar-refractivity contribution is 5.91. The van der Waals surface area contributed by atoms with Crippen molar-refractivity contribution in [3.8, 4) is 5.75 Å². The number of halogens is 7. The second-order valence-corrected chi connectivity index (χ2v) is 8.04. The largest absolute Gasteiger partial charge is 0.431 e. The number of carbonyl (C=O) groups excluding carboxylic acids is 2. The zero-order valence-electron chi connectivity index (χ0n) is 18.4. The lowest BCUT2D eigenvalue weighted by Crippen LogP contribution is -2.47. The molecular formula is C21H18F7N3O5. The van der Waals surface area contributed by atoms with Gasteiger partial charge >= 0.3 is 12.8 Å². The first kappa shape index (κ1) is 27.0. The predicted molar refractivity (Wildman–Crippen MR) is 105 cm³/mol. The number of aromatic nitrogens is 1. The summed E-state index contributed by atoms with van der Waals surface area (Å²) in [5.74, 6) is -10.9. The van der Waals surface area contributed by atoms with E-state index in [0.29, 0.717) is 23.8 Å². The van der Waals surface area contributed by atoms with Crippen LogP contribution in [0.15, 0.2) is 35.5 Å². The van der Waals surface area contributed by atoms with Crippen LogP contribution in [-0.2, 0) is 9.53 Å². The quantitative estimate of drug-likeness (QED) is 0.459. The van der Waals surface area contributed by atoms with Gasteiger partial charge in [-0.25, -0.2) is 9.38 Å². The van der Waals surface area contributed by atoms with Crippen LogP contribution in [0.1, 0.15) is 35.8 Å². The number of benzene rings is 1. The molecule has 0 saturated carbocycles. The van der Waals surface area contributed by atoms with Gasteiger partial charge in [-0.2, -0.15) is 31.1 Å². The molecular weight excluding hydrogens is 507 g/mol. The van der Waals surface area contributed by atoms with Gasteiger partial charge in [-0.15, -0.1) is 0 Å². The van der Waals surface area contributed by atoms with Crippen LogP contribution < -0.4 is 15.8 Å². The number of pyridine rings is 1. The maximum atomic E-state index is 14.4. The number of amides is 2. The zero-order valence-corrected chi connectivity index (χ0v) is 18.4. The Morgan fingerprint density at radius 1 is 1.25 bits per heavy atom. The molecule has 1 fully saturated rings. The number of hydrogen-bond acceptors (Lipinski definition) is 5. The number of alkyl halides is 5. The van der Waals surface area contributed by atoms with Gasteiger partial charge in [0.25, 0.3) is 11.8 Å². The molecule has 3 rings (SSSR count). The number of hydrogen-bond donors (Lipinski definition) is 2. The molecule has 196 valence electrons. The minimum absolute atomic E-state index is 0.304. The Bertz CT molecular complexity index is 1260. The van der Waals surface area contributed by atoms with E-state index in [1.54, 1.807) is 0 Å². The van der Waals surface area contributed by atoms with Gasteiger partial charge in [-0.1, -0.05) is 13.0 Å². The molecule has 1 saturated heterocycles. The Morgan fingerprint density at radius 2 is 1.89 bits per heavy atom. The lowest BCUT2D eigenvalue weighted by atomic mass is 9.77. The summed E-state index contributed by atoms with van der Waals surface area (Å²) in [5, 5.41) is 9.25. The topological polar surface area (TPSA) is 116 Å². The highest BCUT2D eigenvalue weighted by atomic mass is 19.4. The molecule has 0 aliphatic carbocycles. The average Bonchev–Trinajstić information content (AvgIpc) is 3.04. The van der Waals surface area contributed by atoms with Gasteiger partial charge in [-0.3, -0.25) is 9.59 Å². The molecule has 2 aromatic rings. The van der Waals surface area contributed by atoms with Crippen molar-refractivity contribution < 1.29 is 55.0 Å². The molecule has 1 aliphatic rings. The molecule has 0 spiro atoms. The van der Waals surface area contributed by atoms with E-state index < -0.39 is 76.8 Å². The lowest BCUT2D eigenvalue weighted by molar-refractivity contribution is -0.272. The van der Waals surface area contributed by atoms with Crippen molar-refractivity contribution in [3.63, 3.8) is 0 Å². The van der Waals surface area contributed by atoms with Crippen LogP contribution in [0.3, 0.4) is 0 Å². The summed E-state index contributed by atoms with van der Waals surface area (Å²) in [4.78, 5) is 28.0. The van der Waals surface area contributed by atoms with Gasteiger partial charge in [0.1, 0.15) is 11.8 Å². The Morgan fingerprint density at radius 3 is 2.44 bits per heavy atom. The molecule has 15 heteroatoms. The van der Waals surface area contributed by atoms with Gasteiger partial charge < -0.3 is 20.4 Å². The van der Waals surface area contributed by atoms with Gasteiger partial charge in [0, 0.05) is 23.6 Å². The molecule has 1 aromatic heterocycles. The fourth-order valence-corrected chi connectivity index (χ4v) is 3.95. The number of primary amides is 1. The summed E-state index contributed by atoms with van der Waals surface area (Å²) in [6, 6.07) is 3.04. The number of nitrogens with zero attached hydrogens (tertiary/aromatic N) is 2. The molecule has 36 heavy (non-hydrogen) atoms. The minimum atomic E-state index is -5.09. The van der Waals surface area contributed by atoms with Crippen molar-refractivity contribution in [2.45, 2.75) is 44.3 Å². The van der Waals surface area contributed by atoms with Crippen molar-refractivity contribution in [1.82, 2.24) is 4.73 Å². The molecule has 0 radical (unpaired) electrons. The van der Waals surface area contributed by atoms with Crippen LogP contribution in [0.4, 0.5) is 30.7 Å². The second kappa shape index (κ2) is 9.44. The number of ether oxygens (including phenoxy) is 2. The highest BCUT2D eigenvalue weighted by Crippen LogP contribution is 2.55. The molecule has 1 aromatic carbocycles. The summed E-state index contributed by atoms with van der Waals surface area (Å²) in [7, 11) is 0. The fourth-order valence-electron chi connectivity index (χ4n) is 3.95. The zero-order chi connectivity index (χ0) is 27.2. The minimum Gasteiger partial charge on any atom is -0.431 e. The summed E-state index contributed by atoms with van der Waals surface area (Å²) in [6.45, 7) is -2.08. The summed E-state index contributed by atoms with van der Waals surface area (Å²) in [5.41, 5.74) is 0.832. The van der Waals surface area contributed by atoms with Gasteiger partial charge in [0.15, 0.2) is 17.2 Å². The van der Waals surface area contributed by atoms with Gasteiger partial charge in [0.2, 0.25) is 5.82 Å². The van der Waals surface area contributed by atoms with Gasteiger partial charge in [-0.05, 0) is 25.1 Å². The molecule has 8 nitrogen and oxygen atoms in total. The first-order chi connectivity index (χ1) is 16.6. The fraction of sp³-hybridized carbons (Fsp3) is 0.381. The lowest BCUT2D eigenvalue weighted by Gasteiger charge is -2.32. The third-order valence-corrected chi connectivity index (χ3v) is 5.97. The molecule has 4 atom stereocenters. The summed E-state index contributed by atoms with van der Waals surface area (Å²) in [6.07, 6.45) is -6.35. The van der Waals surface area contributed by atoms with Crippen molar-refractivity contribution in [2.24, 2.45) is 16.6 Å². The number of rotatable bonds is 5. The highest BCUT2D eigenvalue weighted by Gasteiger charge is 2.66. The third kappa shape index (κ3) is 4.74. The van der Waals surface area contributed by atoms with E-state index in [1.807, 2.05) is 0 Å². The Kier molecular flexibility index (Phi) is 7.08. The van der Waals surface area contributed by atoms with E-state index >= 15 is 0 Å². The van der Waals surface area contributed by atoms with Crippen molar-refractivity contribution in [3.05, 3.63) is 58.7 Å². The van der Waals surface area contributed by atoms with E-state index in [2.05, 4.69) is 9.73 Å². The molecule has 0 bridgehead atoms. The standard InChI is InChI=1S/C21H18F7N3O5/c1-8-13(10-3-4-11(22)14(23)15(10)35-19(24)25)16(36-20(8,2)21(26,27)28)18(33)30-9-5-6-31(34)12(7-9)17(29)32/h3-8,13,16,19,34H,1-2H3,(H2,29,32)/t8-,13+,16+,20+/m0/s1. The smallest absolute Gasteiger partial charge is 0.417 e. The van der Waals surface area contributed by atoms with Crippen LogP contribution in [0.2, 0.25) is 0 Å². The third-order valence-electron chi connectivity index (χ3n) is 5.97. The summed E-state index contributed by atoms with van der Waals surface area (Å²) >= 11 is 0. The SMILES string of the molecule is C[C@H]1[C@H](c2ccc(F)c(F)c2OC(F)F)[C@H](C(=O)N=c2ccn(O)c(C(N)=O)c2)O[C@@]1(C)C(F)(F)F. The average molecular weight is 525 g/mol. The normalized spacial score (nSPS) is 24.8. The maximum absolute atomic E-state index is 14.4. The Hall–Kier alpha value is -3.62. The van der Waals surface area contributed by atoms with Crippen molar-refractivity contribution >= 4 is 11.8 Å². The molecule has 2 amide bonds. The number of carbonyl (C=O) groups is 2. The van der Waals surface area contributed by atoms with E-state index in [-0.39, 0.29) is 5.36 Å². The van der Waals surface area contributed by atoms with Crippen LogP contribution >= 0.6 is 0 Å². The first-order valence-electron chi connectivity index (χ1n) is 10.1. The van der Waals surface area contributed by atoms with E-state index in [4.69, 9.17) is 10.5 Å². The molecule has 2 heterocycles. The Balaban J connectivity index is 2.20. The predicted octanol–water partition coefficient (Wildman–Crippen LogP) is 3.27. The monoisotopic (exact) mass is 525 g/mol. The molecule has 1 aliphatic heterocycles.